The van der Waals surface area contributed by atoms with Gasteiger partial charge in [0.05, 0.1) is 23.9 Å². The van der Waals surface area contributed by atoms with E-state index in [1.54, 1.807) is 20.0 Å². The Balaban J connectivity index is 2.14. The van der Waals surface area contributed by atoms with Gasteiger partial charge in [-0.05, 0) is 46.2 Å². The highest BCUT2D eigenvalue weighted by Crippen LogP contribution is 2.36. The molecule has 1 N–H and O–H groups in total. The third kappa shape index (κ3) is 3.37. The highest BCUT2D eigenvalue weighted by atomic mass is 16.7. The van der Waals surface area contributed by atoms with Crippen LogP contribution in [0.3, 0.4) is 0 Å². The van der Waals surface area contributed by atoms with Gasteiger partial charge in [0.2, 0.25) is 5.88 Å². The lowest BCUT2D eigenvalue weighted by atomic mass is 10.0. The summed E-state index contributed by atoms with van der Waals surface area (Å²) in [5.74, 6) is 0.253. The topological polar surface area (TPSA) is 73.4 Å². The molecule has 2 heterocycles. The van der Waals surface area contributed by atoms with Crippen LogP contribution in [-0.2, 0) is 9.47 Å². The average Bonchev–Trinajstić information content (AvgIpc) is 2.96. The first kappa shape index (κ1) is 18.2. The smallest absolute Gasteiger partial charge is 0.431 e. The molecule has 0 bridgehead atoms. The van der Waals surface area contributed by atoms with Gasteiger partial charge in [-0.2, -0.15) is 0 Å². The highest BCUT2D eigenvalue weighted by Gasteiger charge is 2.19. The van der Waals surface area contributed by atoms with Gasteiger partial charge in [0.15, 0.2) is 0 Å². The molecule has 0 aliphatic heterocycles. The van der Waals surface area contributed by atoms with Crippen molar-refractivity contribution in [3.05, 3.63) is 35.5 Å². The van der Waals surface area contributed by atoms with Crippen LogP contribution in [0, 0.1) is 6.92 Å². The molecule has 26 heavy (non-hydrogen) atoms. The molecule has 0 spiro atoms. The maximum absolute atomic E-state index is 11.9. The fourth-order valence-electron chi connectivity index (χ4n) is 3.19. The van der Waals surface area contributed by atoms with Crippen LogP contribution in [0.1, 0.15) is 44.9 Å². The van der Waals surface area contributed by atoms with E-state index in [0.29, 0.717) is 6.61 Å². The lowest BCUT2D eigenvalue weighted by molar-refractivity contribution is 0.0713. The Bertz CT molecular complexity index is 946. The molecule has 1 aromatic carbocycles. The molecular weight excluding hydrogens is 332 g/mol. The van der Waals surface area contributed by atoms with E-state index in [2.05, 4.69) is 16.0 Å². The Hall–Kier alpha value is -2.60. The van der Waals surface area contributed by atoms with Crippen LogP contribution >= 0.6 is 0 Å². The molecule has 3 aromatic rings. The van der Waals surface area contributed by atoms with Crippen molar-refractivity contribution in [3.8, 4) is 5.88 Å². The predicted molar refractivity (Wildman–Crippen MR) is 101 cm³/mol. The standard InChI is InChI=1S/C20H24N2O4/c1-6-24-13(5)14-8-7-9-15-18(14)17-12(4)19(21-10-16(17)22-15)26-20(23)25-11(2)3/h7-11,13,22H,6H2,1-5H3. The molecule has 0 saturated heterocycles. The summed E-state index contributed by atoms with van der Waals surface area (Å²) in [7, 11) is 0. The Morgan fingerprint density at radius 2 is 1.96 bits per heavy atom. The number of aromatic amines is 1. The predicted octanol–water partition coefficient (Wildman–Crippen LogP) is 5.05. The number of hydrogen-bond donors (Lipinski definition) is 1. The minimum Gasteiger partial charge on any atom is -0.431 e. The number of H-pyrrole nitrogens is 1. The quantitative estimate of drug-likeness (QED) is 0.648. The van der Waals surface area contributed by atoms with Crippen LogP contribution < -0.4 is 4.74 Å². The summed E-state index contributed by atoms with van der Waals surface area (Å²) in [4.78, 5) is 19.5. The number of hydrogen-bond acceptors (Lipinski definition) is 5. The minimum atomic E-state index is -0.752. The number of aromatic nitrogens is 2. The second-order valence-electron chi connectivity index (χ2n) is 6.49. The van der Waals surface area contributed by atoms with Crippen LogP contribution in [0.15, 0.2) is 24.4 Å². The number of ether oxygens (including phenoxy) is 3. The monoisotopic (exact) mass is 356 g/mol. The van der Waals surface area contributed by atoms with Crippen molar-refractivity contribution in [1.82, 2.24) is 9.97 Å². The summed E-state index contributed by atoms with van der Waals surface area (Å²) >= 11 is 0. The van der Waals surface area contributed by atoms with E-state index >= 15 is 0 Å². The molecule has 0 aliphatic rings. The fraction of sp³-hybridized carbons (Fsp3) is 0.400. The number of nitrogens with one attached hydrogen (secondary N) is 1. The van der Waals surface area contributed by atoms with E-state index in [0.717, 1.165) is 32.9 Å². The molecule has 138 valence electrons. The van der Waals surface area contributed by atoms with Gasteiger partial charge < -0.3 is 19.2 Å². The Morgan fingerprint density at radius 1 is 1.19 bits per heavy atom. The normalized spacial score (nSPS) is 12.7. The van der Waals surface area contributed by atoms with Crippen molar-refractivity contribution in [2.24, 2.45) is 0 Å². The van der Waals surface area contributed by atoms with Gasteiger partial charge in [-0.25, -0.2) is 9.78 Å². The molecule has 2 aromatic heterocycles. The first-order valence-electron chi connectivity index (χ1n) is 8.82. The minimum absolute atomic E-state index is 0.0504. The number of carbonyl (C=O) groups excluding carboxylic acids is 1. The van der Waals surface area contributed by atoms with Crippen molar-refractivity contribution >= 4 is 28.0 Å². The Kier molecular flexibility index (Phi) is 5.13. The summed E-state index contributed by atoms with van der Waals surface area (Å²) in [5, 5.41) is 2.04. The molecule has 6 heteroatoms. The third-order valence-electron chi connectivity index (χ3n) is 4.26. The second-order valence-corrected chi connectivity index (χ2v) is 6.49. The number of carbonyl (C=O) groups is 1. The molecule has 0 aliphatic carbocycles. The number of rotatable bonds is 5. The zero-order chi connectivity index (χ0) is 18.8. The van der Waals surface area contributed by atoms with Gasteiger partial charge in [0.1, 0.15) is 0 Å². The average molecular weight is 356 g/mol. The number of benzene rings is 1. The maximum atomic E-state index is 11.9. The van der Waals surface area contributed by atoms with Crippen molar-refractivity contribution in [2.45, 2.75) is 46.8 Å². The van der Waals surface area contributed by atoms with Crippen LogP contribution in [-0.4, -0.2) is 28.8 Å². The van der Waals surface area contributed by atoms with Crippen LogP contribution in [0.4, 0.5) is 4.79 Å². The van der Waals surface area contributed by atoms with Crippen molar-refractivity contribution in [1.29, 1.82) is 0 Å². The van der Waals surface area contributed by atoms with E-state index in [4.69, 9.17) is 14.2 Å². The van der Waals surface area contributed by atoms with Crippen molar-refractivity contribution < 1.29 is 19.0 Å². The Morgan fingerprint density at radius 3 is 2.65 bits per heavy atom. The van der Waals surface area contributed by atoms with E-state index in [9.17, 15) is 4.79 Å². The molecule has 0 amide bonds. The Labute approximate surface area is 152 Å². The molecule has 1 unspecified atom stereocenters. The lowest BCUT2D eigenvalue weighted by Crippen LogP contribution is -2.16. The molecule has 3 rings (SSSR count). The van der Waals surface area contributed by atoms with Gasteiger partial charge in [-0.15, -0.1) is 0 Å². The van der Waals surface area contributed by atoms with E-state index in [-0.39, 0.29) is 18.1 Å². The van der Waals surface area contributed by atoms with Crippen LogP contribution in [0.5, 0.6) is 5.88 Å². The number of aryl methyl sites for hydroxylation is 1. The third-order valence-corrected chi connectivity index (χ3v) is 4.26. The van der Waals surface area contributed by atoms with Gasteiger partial charge in [0.25, 0.3) is 0 Å². The van der Waals surface area contributed by atoms with Gasteiger partial charge in [0, 0.05) is 28.5 Å². The maximum Gasteiger partial charge on any atom is 0.515 e. The molecular formula is C20H24N2O4. The van der Waals surface area contributed by atoms with Gasteiger partial charge in [-0.3, -0.25) is 0 Å². The van der Waals surface area contributed by atoms with E-state index < -0.39 is 6.16 Å². The molecule has 0 radical (unpaired) electrons. The number of nitrogens with zero attached hydrogens (tertiary/aromatic N) is 1. The van der Waals surface area contributed by atoms with E-state index in [1.807, 2.05) is 32.9 Å². The first-order valence-corrected chi connectivity index (χ1v) is 8.82. The van der Waals surface area contributed by atoms with Crippen molar-refractivity contribution in [3.63, 3.8) is 0 Å². The zero-order valence-corrected chi connectivity index (χ0v) is 15.8. The van der Waals surface area contributed by atoms with Crippen LogP contribution in [0.2, 0.25) is 0 Å². The first-order chi connectivity index (χ1) is 12.4. The lowest BCUT2D eigenvalue weighted by Gasteiger charge is -2.14. The van der Waals surface area contributed by atoms with Gasteiger partial charge in [-0.1, -0.05) is 12.1 Å². The fourth-order valence-corrected chi connectivity index (χ4v) is 3.19. The number of pyridine rings is 1. The summed E-state index contributed by atoms with van der Waals surface area (Å²) in [6.07, 6.45) is 0.622. The second kappa shape index (κ2) is 7.33. The summed E-state index contributed by atoms with van der Waals surface area (Å²) in [6.45, 7) is 10.1. The van der Waals surface area contributed by atoms with Crippen LogP contribution in [0.25, 0.3) is 21.8 Å². The number of fused-ring (bicyclic) bond motifs is 3. The zero-order valence-electron chi connectivity index (χ0n) is 15.8. The molecule has 1 atom stereocenters. The SMILES string of the molecule is CCOC(C)c1cccc2[nH]c3cnc(OC(=O)OC(C)C)c(C)c3c12. The molecule has 0 fully saturated rings. The molecule has 0 saturated carbocycles. The largest absolute Gasteiger partial charge is 0.515 e. The van der Waals surface area contributed by atoms with Crippen molar-refractivity contribution in [2.75, 3.05) is 6.61 Å². The summed E-state index contributed by atoms with van der Waals surface area (Å²) in [5.41, 5.74) is 3.75. The van der Waals surface area contributed by atoms with Gasteiger partial charge >= 0.3 is 6.16 Å². The van der Waals surface area contributed by atoms with E-state index in [1.165, 1.54) is 0 Å². The summed E-state index contributed by atoms with van der Waals surface area (Å²) < 4.78 is 16.2. The highest BCUT2D eigenvalue weighted by molar-refractivity contribution is 6.11. The molecule has 6 nitrogen and oxygen atoms in total. The summed E-state index contributed by atoms with van der Waals surface area (Å²) in [6, 6.07) is 6.08.